The normalized spacial score (nSPS) is 11.0. The summed E-state index contributed by atoms with van der Waals surface area (Å²) in [6, 6.07) is 8.13. The van der Waals surface area contributed by atoms with Gasteiger partial charge in [0, 0.05) is 19.6 Å². The molecule has 0 bridgehead atoms. The van der Waals surface area contributed by atoms with Crippen LogP contribution in [0.2, 0.25) is 0 Å². The first-order chi connectivity index (χ1) is 9.81. The molecule has 0 amide bonds. The van der Waals surface area contributed by atoms with E-state index >= 15 is 0 Å². The van der Waals surface area contributed by atoms with E-state index in [1.165, 1.54) is 5.56 Å². The molecule has 0 saturated heterocycles. The molecule has 0 heterocycles. The molecule has 0 unspecified atom stereocenters. The van der Waals surface area contributed by atoms with Gasteiger partial charge in [0.2, 0.25) is 0 Å². The molecule has 0 atom stereocenters. The Hall–Kier alpha value is -1.10. The second-order valence-corrected chi connectivity index (χ2v) is 4.44. The molecule has 0 fully saturated rings. The van der Waals surface area contributed by atoms with E-state index in [1.54, 1.807) is 7.11 Å². The van der Waals surface area contributed by atoms with Crippen LogP contribution in [0.25, 0.3) is 0 Å². The van der Waals surface area contributed by atoms with Gasteiger partial charge in [0.15, 0.2) is 6.29 Å². The summed E-state index contributed by atoms with van der Waals surface area (Å²) in [6.07, 6.45) is 1.73. The van der Waals surface area contributed by atoms with Crippen LogP contribution in [0.15, 0.2) is 24.3 Å². The standard InChI is InChI=1S/C16H27NO3/c1-4-19-16(20-5-2)11-13-17-12-10-14-8-6-7-9-15(14)18-3/h6-9,16-17H,4-5,10-13H2,1-3H3. The molecule has 4 nitrogen and oxygen atoms in total. The Labute approximate surface area is 122 Å². The molecule has 0 aliphatic carbocycles. The van der Waals surface area contributed by atoms with E-state index in [-0.39, 0.29) is 6.29 Å². The molecule has 20 heavy (non-hydrogen) atoms. The molecule has 1 N–H and O–H groups in total. The molecule has 0 aromatic heterocycles. The maximum Gasteiger partial charge on any atom is 0.158 e. The summed E-state index contributed by atoms with van der Waals surface area (Å²) in [5, 5.41) is 3.42. The van der Waals surface area contributed by atoms with Crippen LogP contribution < -0.4 is 10.1 Å². The van der Waals surface area contributed by atoms with Gasteiger partial charge in [0.05, 0.1) is 7.11 Å². The maximum atomic E-state index is 5.50. The molecular formula is C16H27NO3. The molecule has 1 rings (SSSR count). The van der Waals surface area contributed by atoms with Crippen molar-refractivity contribution in [1.29, 1.82) is 0 Å². The van der Waals surface area contributed by atoms with Crippen LogP contribution in [0, 0.1) is 0 Å². The Kier molecular flexibility index (Phi) is 9.04. The number of benzene rings is 1. The third-order valence-corrected chi connectivity index (χ3v) is 3.03. The summed E-state index contributed by atoms with van der Waals surface area (Å²) in [6.45, 7) is 7.16. The van der Waals surface area contributed by atoms with Crippen molar-refractivity contribution in [3.8, 4) is 5.75 Å². The van der Waals surface area contributed by atoms with Crippen LogP contribution in [0.3, 0.4) is 0 Å². The monoisotopic (exact) mass is 281 g/mol. The highest BCUT2D eigenvalue weighted by Crippen LogP contribution is 2.17. The van der Waals surface area contributed by atoms with Crippen LogP contribution >= 0.6 is 0 Å². The highest BCUT2D eigenvalue weighted by molar-refractivity contribution is 5.33. The van der Waals surface area contributed by atoms with Crippen molar-refractivity contribution in [3.05, 3.63) is 29.8 Å². The summed E-state index contributed by atoms with van der Waals surface area (Å²) in [7, 11) is 1.71. The fourth-order valence-corrected chi connectivity index (χ4v) is 2.06. The Morgan fingerprint density at radius 2 is 1.75 bits per heavy atom. The van der Waals surface area contributed by atoms with Crippen molar-refractivity contribution in [2.75, 3.05) is 33.4 Å². The van der Waals surface area contributed by atoms with Gasteiger partial charge in [-0.3, -0.25) is 0 Å². The highest BCUT2D eigenvalue weighted by atomic mass is 16.7. The molecule has 0 radical (unpaired) electrons. The third kappa shape index (κ3) is 6.37. The molecule has 1 aromatic rings. The van der Waals surface area contributed by atoms with E-state index < -0.39 is 0 Å². The largest absolute Gasteiger partial charge is 0.496 e. The van der Waals surface area contributed by atoms with Crippen molar-refractivity contribution in [2.45, 2.75) is 33.0 Å². The molecule has 0 aliphatic heterocycles. The van der Waals surface area contributed by atoms with Crippen LogP contribution in [0.5, 0.6) is 5.75 Å². The zero-order valence-corrected chi connectivity index (χ0v) is 12.9. The summed E-state index contributed by atoms with van der Waals surface area (Å²) in [5.74, 6) is 0.954. The van der Waals surface area contributed by atoms with Crippen molar-refractivity contribution >= 4 is 0 Å². The van der Waals surface area contributed by atoms with Crippen molar-refractivity contribution < 1.29 is 14.2 Å². The van der Waals surface area contributed by atoms with Crippen LogP contribution in [0.1, 0.15) is 25.8 Å². The Morgan fingerprint density at radius 1 is 1.05 bits per heavy atom. The van der Waals surface area contributed by atoms with Gasteiger partial charge in [0.25, 0.3) is 0 Å². The number of methoxy groups -OCH3 is 1. The second kappa shape index (κ2) is 10.7. The number of rotatable bonds is 11. The van der Waals surface area contributed by atoms with Gasteiger partial charge in [-0.15, -0.1) is 0 Å². The Bertz CT molecular complexity index is 351. The van der Waals surface area contributed by atoms with E-state index in [0.717, 1.165) is 31.7 Å². The average molecular weight is 281 g/mol. The van der Waals surface area contributed by atoms with E-state index in [1.807, 2.05) is 32.0 Å². The number of ether oxygens (including phenoxy) is 3. The smallest absolute Gasteiger partial charge is 0.158 e. The summed E-state index contributed by atoms with van der Waals surface area (Å²) < 4.78 is 16.3. The summed E-state index contributed by atoms with van der Waals surface area (Å²) in [4.78, 5) is 0. The van der Waals surface area contributed by atoms with Gasteiger partial charge in [-0.05, 0) is 45.0 Å². The number of hydrogen-bond donors (Lipinski definition) is 1. The lowest BCUT2D eigenvalue weighted by Gasteiger charge is -2.17. The van der Waals surface area contributed by atoms with Crippen LogP contribution in [0.4, 0.5) is 0 Å². The Balaban J connectivity index is 2.21. The number of nitrogens with one attached hydrogen (secondary N) is 1. The van der Waals surface area contributed by atoms with E-state index in [2.05, 4.69) is 11.4 Å². The predicted molar refractivity (Wildman–Crippen MR) is 81.2 cm³/mol. The lowest BCUT2D eigenvalue weighted by Crippen LogP contribution is -2.26. The van der Waals surface area contributed by atoms with Gasteiger partial charge in [-0.1, -0.05) is 18.2 Å². The summed E-state index contributed by atoms with van der Waals surface area (Å²) in [5.41, 5.74) is 1.23. The molecular weight excluding hydrogens is 254 g/mol. The fourth-order valence-electron chi connectivity index (χ4n) is 2.06. The molecule has 0 saturated carbocycles. The lowest BCUT2D eigenvalue weighted by molar-refractivity contribution is -0.138. The Morgan fingerprint density at radius 3 is 2.40 bits per heavy atom. The highest BCUT2D eigenvalue weighted by Gasteiger charge is 2.07. The van der Waals surface area contributed by atoms with Gasteiger partial charge < -0.3 is 19.5 Å². The van der Waals surface area contributed by atoms with E-state index in [0.29, 0.717) is 13.2 Å². The quantitative estimate of drug-likeness (QED) is 0.500. The third-order valence-electron chi connectivity index (χ3n) is 3.03. The topological polar surface area (TPSA) is 39.7 Å². The minimum absolute atomic E-state index is 0.0937. The molecule has 114 valence electrons. The van der Waals surface area contributed by atoms with Gasteiger partial charge in [0.1, 0.15) is 5.75 Å². The van der Waals surface area contributed by atoms with Crippen molar-refractivity contribution in [3.63, 3.8) is 0 Å². The fraction of sp³-hybridized carbons (Fsp3) is 0.625. The van der Waals surface area contributed by atoms with Crippen molar-refractivity contribution in [1.82, 2.24) is 5.32 Å². The zero-order valence-electron chi connectivity index (χ0n) is 12.9. The predicted octanol–water partition coefficient (Wildman–Crippen LogP) is 2.62. The average Bonchev–Trinajstić information content (AvgIpc) is 2.47. The number of hydrogen-bond acceptors (Lipinski definition) is 4. The van der Waals surface area contributed by atoms with Gasteiger partial charge in [-0.2, -0.15) is 0 Å². The van der Waals surface area contributed by atoms with Gasteiger partial charge >= 0.3 is 0 Å². The second-order valence-electron chi connectivity index (χ2n) is 4.44. The SMILES string of the molecule is CCOC(CCNCCc1ccccc1OC)OCC. The van der Waals surface area contributed by atoms with Crippen molar-refractivity contribution in [2.24, 2.45) is 0 Å². The minimum Gasteiger partial charge on any atom is -0.496 e. The number of para-hydroxylation sites is 1. The molecule has 0 spiro atoms. The van der Waals surface area contributed by atoms with E-state index in [4.69, 9.17) is 14.2 Å². The van der Waals surface area contributed by atoms with Crippen LogP contribution in [-0.4, -0.2) is 39.7 Å². The summed E-state index contributed by atoms with van der Waals surface area (Å²) >= 11 is 0. The molecule has 0 aliphatic rings. The maximum absolute atomic E-state index is 5.50. The van der Waals surface area contributed by atoms with Crippen LogP contribution in [-0.2, 0) is 15.9 Å². The first-order valence-electron chi connectivity index (χ1n) is 7.37. The first-order valence-corrected chi connectivity index (χ1v) is 7.37. The van der Waals surface area contributed by atoms with E-state index in [9.17, 15) is 0 Å². The zero-order chi connectivity index (χ0) is 14.6. The van der Waals surface area contributed by atoms with Gasteiger partial charge in [-0.25, -0.2) is 0 Å². The molecule has 4 heteroatoms. The minimum atomic E-state index is -0.0937. The first kappa shape index (κ1) is 17.0. The lowest BCUT2D eigenvalue weighted by atomic mass is 10.1. The molecule has 1 aromatic carbocycles.